The zero-order valence-corrected chi connectivity index (χ0v) is 10.4. The molecule has 84 valence electrons. The third kappa shape index (κ3) is 2.98. The largest absolute Gasteiger partial charge is 0.311 e. The topological polar surface area (TPSA) is 12.0 Å². The summed E-state index contributed by atoms with van der Waals surface area (Å²) in [5, 5.41) is 3.83. The second-order valence-corrected chi connectivity index (χ2v) is 5.65. The number of hydrogen-bond acceptors (Lipinski definition) is 1. The van der Waals surface area contributed by atoms with Gasteiger partial charge in [-0.3, -0.25) is 0 Å². The molecule has 0 amide bonds. The molecule has 0 aromatic rings. The predicted octanol–water partition coefficient (Wildman–Crippen LogP) is 3.59. The zero-order valence-electron chi connectivity index (χ0n) is 10.4. The van der Waals surface area contributed by atoms with Crippen LogP contribution in [0, 0.1) is 11.8 Å². The van der Waals surface area contributed by atoms with E-state index >= 15 is 0 Å². The average molecular weight is 197 g/mol. The summed E-state index contributed by atoms with van der Waals surface area (Å²) < 4.78 is 0. The molecule has 0 atom stereocenters. The van der Waals surface area contributed by atoms with Gasteiger partial charge in [0.05, 0.1) is 0 Å². The zero-order chi connectivity index (χ0) is 10.6. The van der Waals surface area contributed by atoms with Crippen molar-refractivity contribution in [3.63, 3.8) is 0 Å². The summed E-state index contributed by atoms with van der Waals surface area (Å²) in [6.07, 6.45) is 7.05. The van der Waals surface area contributed by atoms with Crippen LogP contribution in [0.25, 0.3) is 0 Å². The molecule has 1 heteroatoms. The molecular weight excluding hydrogens is 170 g/mol. The molecule has 1 aliphatic rings. The lowest BCUT2D eigenvalue weighted by Crippen LogP contribution is -2.52. The van der Waals surface area contributed by atoms with E-state index in [0.29, 0.717) is 5.54 Å². The van der Waals surface area contributed by atoms with E-state index in [9.17, 15) is 0 Å². The normalized spacial score (nSPS) is 21.9. The number of rotatable bonds is 4. The minimum Gasteiger partial charge on any atom is -0.311 e. The first-order chi connectivity index (χ1) is 6.57. The monoisotopic (exact) mass is 197 g/mol. The molecule has 0 aliphatic heterocycles. The summed E-state index contributed by atoms with van der Waals surface area (Å²) in [6, 6.07) is 0. The Balaban J connectivity index is 2.52. The van der Waals surface area contributed by atoms with Crippen LogP contribution in [0.2, 0.25) is 0 Å². The molecule has 1 rings (SSSR count). The Labute approximate surface area is 89.7 Å². The van der Waals surface area contributed by atoms with Crippen molar-refractivity contribution in [3.05, 3.63) is 0 Å². The van der Waals surface area contributed by atoms with Gasteiger partial charge in [0.15, 0.2) is 0 Å². The summed E-state index contributed by atoms with van der Waals surface area (Å²) in [5.41, 5.74) is 0.461. The third-order valence-corrected chi connectivity index (χ3v) is 3.71. The summed E-state index contributed by atoms with van der Waals surface area (Å²) >= 11 is 0. The van der Waals surface area contributed by atoms with Crippen molar-refractivity contribution in [1.82, 2.24) is 5.32 Å². The highest BCUT2D eigenvalue weighted by Crippen LogP contribution is 2.34. The van der Waals surface area contributed by atoms with Crippen molar-refractivity contribution in [1.29, 1.82) is 0 Å². The van der Waals surface area contributed by atoms with Crippen molar-refractivity contribution < 1.29 is 0 Å². The highest BCUT2D eigenvalue weighted by Gasteiger charge is 2.34. The van der Waals surface area contributed by atoms with Gasteiger partial charge in [0, 0.05) is 5.54 Å². The minimum absolute atomic E-state index is 0.461. The van der Waals surface area contributed by atoms with E-state index in [1.807, 2.05) is 0 Å². The van der Waals surface area contributed by atoms with Gasteiger partial charge in [0.25, 0.3) is 0 Å². The lowest BCUT2D eigenvalue weighted by atomic mass is 9.74. The Morgan fingerprint density at radius 3 is 2.00 bits per heavy atom. The molecule has 1 saturated carbocycles. The molecule has 1 aliphatic carbocycles. The molecule has 0 aromatic heterocycles. The fraction of sp³-hybridized carbons (Fsp3) is 1.00. The second kappa shape index (κ2) is 5.16. The van der Waals surface area contributed by atoms with E-state index in [1.165, 1.54) is 38.6 Å². The Hall–Kier alpha value is -0.0400. The van der Waals surface area contributed by atoms with Gasteiger partial charge in [-0.15, -0.1) is 0 Å². The van der Waals surface area contributed by atoms with Gasteiger partial charge in [-0.1, -0.05) is 47.0 Å². The summed E-state index contributed by atoms with van der Waals surface area (Å²) in [7, 11) is 0. The van der Waals surface area contributed by atoms with Gasteiger partial charge in [0.1, 0.15) is 0 Å². The van der Waals surface area contributed by atoms with Gasteiger partial charge in [0.2, 0.25) is 0 Å². The van der Waals surface area contributed by atoms with Crippen LogP contribution in [0.15, 0.2) is 0 Å². The smallest absolute Gasteiger partial charge is 0.0204 e. The quantitative estimate of drug-likeness (QED) is 0.726. The molecule has 0 saturated heterocycles. The Kier molecular flexibility index (Phi) is 4.43. The first-order valence-corrected chi connectivity index (χ1v) is 6.32. The van der Waals surface area contributed by atoms with Gasteiger partial charge in [-0.25, -0.2) is 0 Å². The van der Waals surface area contributed by atoms with Gasteiger partial charge in [-0.05, 0) is 31.2 Å². The lowest BCUT2D eigenvalue weighted by Gasteiger charge is -2.42. The maximum absolute atomic E-state index is 3.83. The molecule has 1 fully saturated rings. The second-order valence-electron chi connectivity index (χ2n) is 5.65. The van der Waals surface area contributed by atoms with Crippen molar-refractivity contribution >= 4 is 0 Å². The average Bonchev–Trinajstić information content (AvgIpc) is 2.16. The van der Waals surface area contributed by atoms with Gasteiger partial charge < -0.3 is 5.32 Å². The Morgan fingerprint density at radius 2 is 1.57 bits per heavy atom. The van der Waals surface area contributed by atoms with E-state index in [2.05, 4.69) is 33.0 Å². The van der Waals surface area contributed by atoms with E-state index < -0.39 is 0 Å². The van der Waals surface area contributed by atoms with E-state index in [-0.39, 0.29) is 0 Å². The molecule has 0 aromatic carbocycles. The van der Waals surface area contributed by atoms with Crippen LogP contribution in [0.4, 0.5) is 0 Å². The van der Waals surface area contributed by atoms with Crippen LogP contribution in [-0.2, 0) is 0 Å². The lowest BCUT2D eigenvalue weighted by molar-refractivity contribution is 0.160. The minimum atomic E-state index is 0.461. The van der Waals surface area contributed by atoms with Gasteiger partial charge >= 0.3 is 0 Å². The van der Waals surface area contributed by atoms with Crippen molar-refractivity contribution in [2.45, 2.75) is 65.3 Å². The molecule has 0 unspecified atom stereocenters. The molecule has 1 N–H and O–H groups in total. The van der Waals surface area contributed by atoms with E-state index in [1.54, 1.807) is 0 Å². The molecular formula is C13H27N. The Bertz CT molecular complexity index is 155. The highest BCUT2D eigenvalue weighted by molar-refractivity contribution is 4.93. The van der Waals surface area contributed by atoms with E-state index in [0.717, 1.165) is 11.8 Å². The fourth-order valence-corrected chi connectivity index (χ4v) is 2.55. The van der Waals surface area contributed by atoms with Crippen LogP contribution in [0.1, 0.15) is 59.8 Å². The third-order valence-electron chi connectivity index (χ3n) is 3.71. The summed E-state index contributed by atoms with van der Waals surface area (Å²) in [5.74, 6) is 1.55. The summed E-state index contributed by atoms with van der Waals surface area (Å²) in [6.45, 7) is 10.5. The van der Waals surface area contributed by atoms with E-state index in [4.69, 9.17) is 0 Å². The fourth-order valence-electron chi connectivity index (χ4n) is 2.55. The molecule has 0 radical (unpaired) electrons. The highest BCUT2D eigenvalue weighted by atomic mass is 15.0. The Morgan fingerprint density at radius 1 is 1.00 bits per heavy atom. The standard InChI is InChI=1S/C13H27N/c1-11(2)10-14-13(12(3)4)8-6-5-7-9-13/h11-12,14H,5-10H2,1-4H3. The molecule has 0 heterocycles. The summed E-state index contributed by atoms with van der Waals surface area (Å²) in [4.78, 5) is 0. The SMILES string of the molecule is CC(C)CNC1(C(C)C)CCCCC1. The van der Waals surface area contributed by atoms with Crippen LogP contribution >= 0.6 is 0 Å². The molecule has 0 bridgehead atoms. The van der Waals surface area contributed by atoms with Crippen molar-refractivity contribution in [2.24, 2.45) is 11.8 Å². The maximum Gasteiger partial charge on any atom is 0.0204 e. The van der Waals surface area contributed by atoms with Crippen LogP contribution < -0.4 is 5.32 Å². The van der Waals surface area contributed by atoms with Crippen molar-refractivity contribution in [2.75, 3.05) is 6.54 Å². The van der Waals surface area contributed by atoms with Gasteiger partial charge in [-0.2, -0.15) is 0 Å². The van der Waals surface area contributed by atoms with Crippen LogP contribution in [0.3, 0.4) is 0 Å². The number of nitrogens with one attached hydrogen (secondary N) is 1. The predicted molar refractivity (Wildman–Crippen MR) is 63.5 cm³/mol. The maximum atomic E-state index is 3.83. The first-order valence-electron chi connectivity index (χ1n) is 6.32. The molecule has 1 nitrogen and oxygen atoms in total. The van der Waals surface area contributed by atoms with Crippen LogP contribution in [0.5, 0.6) is 0 Å². The first kappa shape index (κ1) is 12.0. The van der Waals surface area contributed by atoms with Crippen LogP contribution in [-0.4, -0.2) is 12.1 Å². The van der Waals surface area contributed by atoms with Crippen molar-refractivity contribution in [3.8, 4) is 0 Å². The number of hydrogen-bond donors (Lipinski definition) is 1. The molecule has 14 heavy (non-hydrogen) atoms. The molecule has 0 spiro atoms.